The van der Waals surface area contributed by atoms with Crippen molar-refractivity contribution in [1.29, 1.82) is 0 Å². The average Bonchev–Trinajstić information content (AvgIpc) is 3.07. The zero-order valence-corrected chi connectivity index (χ0v) is 14.0. The lowest BCUT2D eigenvalue weighted by molar-refractivity contribution is -0.394. The van der Waals surface area contributed by atoms with Crippen molar-refractivity contribution < 1.29 is 19.7 Å². The molecule has 3 aromatic rings. The third-order valence-electron chi connectivity index (χ3n) is 3.70. The third kappa shape index (κ3) is 3.33. The molecule has 136 valence electrons. The van der Waals surface area contributed by atoms with Gasteiger partial charge in [0.25, 0.3) is 5.69 Å². The minimum absolute atomic E-state index is 0.0419. The van der Waals surface area contributed by atoms with Crippen LogP contribution in [0.15, 0.2) is 42.6 Å². The van der Waals surface area contributed by atoms with Crippen molar-refractivity contribution in [2.24, 2.45) is 0 Å². The highest BCUT2D eigenvalue weighted by molar-refractivity contribution is 6.31. The number of phenols is 1. The van der Waals surface area contributed by atoms with E-state index in [9.17, 15) is 30.1 Å². The molecular weight excluding hydrogens is 380 g/mol. The van der Waals surface area contributed by atoms with Crippen molar-refractivity contribution in [3.8, 4) is 22.7 Å². The molecule has 0 unspecified atom stereocenters. The normalized spacial score (nSPS) is 10.6. The van der Waals surface area contributed by atoms with Crippen LogP contribution in [0, 0.1) is 20.2 Å². The van der Waals surface area contributed by atoms with Crippen molar-refractivity contribution in [3.05, 3.63) is 73.4 Å². The Balaban J connectivity index is 2.21. The van der Waals surface area contributed by atoms with E-state index in [0.717, 1.165) is 22.9 Å². The van der Waals surface area contributed by atoms with Gasteiger partial charge < -0.3 is 5.11 Å². The highest BCUT2D eigenvalue weighted by atomic mass is 35.5. The summed E-state index contributed by atoms with van der Waals surface area (Å²) in [6.07, 6.45) is 1.69. The number of carbonyl (C=O) groups is 1. The molecule has 1 heterocycles. The van der Waals surface area contributed by atoms with Crippen LogP contribution in [0.1, 0.15) is 10.4 Å². The van der Waals surface area contributed by atoms with Crippen LogP contribution < -0.4 is 0 Å². The molecule has 0 bridgehead atoms. The Morgan fingerprint density at radius 1 is 1.11 bits per heavy atom. The van der Waals surface area contributed by atoms with Gasteiger partial charge in [0, 0.05) is 22.8 Å². The number of carbonyl (C=O) groups excluding carboxylic acids is 1. The lowest BCUT2D eigenvalue weighted by atomic mass is 10.1. The number of nitro groups is 2. The number of hydrogen-bond acceptors (Lipinski definition) is 7. The number of rotatable bonds is 5. The van der Waals surface area contributed by atoms with E-state index in [1.807, 2.05) is 0 Å². The van der Waals surface area contributed by atoms with E-state index in [-0.39, 0.29) is 33.3 Å². The fourth-order valence-electron chi connectivity index (χ4n) is 2.47. The van der Waals surface area contributed by atoms with Crippen LogP contribution >= 0.6 is 11.6 Å². The summed E-state index contributed by atoms with van der Waals surface area (Å²) in [6.45, 7) is 0. The smallest absolute Gasteiger partial charge is 0.301 e. The first kappa shape index (κ1) is 18.0. The molecule has 1 N–H and O–H groups in total. The van der Waals surface area contributed by atoms with Crippen LogP contribution in [0.25, 0.3) is 16.9 Å². The second kappa shape index (κ2) is 6.84. The fourth-order valence-corrected chi connectivity index (χ4v) is 2.64. The maximum Gasteiger partial charge on any atom is 0.301 e. The first-order valence-corrected chi connectivity index (χ1v) is 7.66. The predicted molar refractivity (Wildman–Crippen MR) is 94.4 cm³/mol. The largest absolute Gasteiger partial charge is 0.507 e. The first-order valence-electron chi connectivity index (χ1n) is 7.28. The molecule has 0 radical (unpaired) electrons. The molecule has 3 rings (SSSR count). The molecule has 11 heteroatoms. The second-order valence-corrected chi connectivity index (χ2v) is 5.78. The van der Waals surface area contributed by atoms with Gasteiger partial charge in [-0.15, -0.1) is 0 Å². The quantitative estimate of drug-likeness (QED) is 0.400. The van der Waals surface area contributed by atoms with E-state index in [1.54, 1.807) is 0 Å². The SMILES string of the molecule is O=Cc1cn(-c2ccc([N+](=O)[O-])cc2[N+](=O)[O-])nc1-c1cc(Cl)ccc1O. The number of benzene rings is 2. The van der Waals surface area contributed by atoms with Gasteiger partial charge in [0.05, 0.1) is 21.5 Å². The summed E-state index contributed by atoms with van der Waals surface area (Å²) < 4.78 is 1.04. The van der Waals surface area contributed by atoms with Crippen LogP contribution in [0.5, 0.6) is 5.75 Å². The van der Waals surface area contributed by atoms with Gasteiger partial charge in [-0.25, -0.2) is 4.68 Å². The second-order valence-electron chi connectivity index (χ2n) is 5.34. The predicted octanol–water partition coefficient (Wildman–Crippen LogP) is 3.53. The average molecular weight is 389 g/mol. The Kier molecular flexibility index (Phi) is 4.57. The van der Waals surface area contributed by atoms with Crippen molar-refractivity contribution >= 4 is 29.3 Å². The van der Waals surface area contributed by atoms with E-state index in [4.69, 9.17) is 11.6 Å². The van der Waals surface area contributed by atoms with Crippen LogP contribution in [0.2, 0.25) is 5.02 Å². The van der Waals surface area contributed by atoms with E-state index >= 15 is 0 Å². The van der Waals surface area contributed by atoms with Crippen molar-refractivity contribution in [2.45, 2.75) is 0 Å². The lowest BCUT2D eigenvalue weighted by Gasteiger charge is -2.04. The van der Waals surface area contributed by atoms with E-state index in [0.29, 0.717) is 6.29 Å². The minimum atomic E-state index is -0.791. The standard InChI is InChI=1S/C16H9ClN4O6/c17-10-1-4-15(23)12(5-10)16-9(8-22)7-19(18-16)13-3-2-11(20(24)25)6-14(13)21(26)27/h1-8,23H. The number of hydrogen-bond donors (Lipinski definition) is 1. The van der Waals surface area contributed by atoms with Gasteiger partial charge in [-0.05, 0) is 24.3 Å². The van der Waals surface area contributed by atoms with Crippen LogP contribution in [-0.4, -0.2) is 31.0 Å². The zero-order chi connectivity index (χ0) is 19.7. The van der Waals surface area contributed by atoms with Crippen LogP contribution in [-0.2, 0) is 0 Å². The maximum atomic E-state index is 11.4. The third-order valence-corrected chi connectivity index (χ3v) is 3.93. The summed E-state index contributed by atoms with van der Waals surface area (Å²) in [7, 11) is 0. The number of halogens is 1. The summed E-state index contributed by atoms with van der Waals surface area (Å²) in [4.78, 5) is 32.0. The molecule has 2 aromatic carbocycles. The first-order chi connectivity index (χ1) is 12.8. The number of aromatic nitrogens is 2. The molecule has 0 spiro atoms. The number of phenolic OH excluding ortho intramolecular Hbond substituents is 1. The molecule has 0 atom stereocenters. The Bertz CT molecular complexity index is 1090. The van der Waals surface area contributed by atoms with Crippen molar-refractivity contribution in [2.75, 3.05) is 0 Å². The molecule has 1 aromatic heterocycles. The van der Waals surface area contributed by atoms with Gasteiger partial charge in [-0.3, -0.25) is 25.0 Å². The van der Waals surface area contributed by atoms with Crippen LogP contribution in [0.4, 0.5) is 11.4 Å². The molecule has 0 aliphatic carbocycles. The minimum Gasteiger partial charge on any atom is -0.507 e. The molecule has 0 saturated carbocycles. The van der Waals surface area contributed by atoms with E-state index < -0.39 is 21.2 Å². The van der Waals surface area contributed by atoms with Crippen LogP contribution in [0.3, 0.4) is 0 Å². The fraction of sp³-hybridized carbons (Fsp3) is 0. The molecule has 0 saturated heterocycles. The van der Waals surface area contributed by atoms with Gasteiger partial charge in [-0.2, -0.15) is 5.10 Å². The molecule has 0 fully saturated rings. The molecule has 0 aliphatic rings. The van der Waals surface area contributed by atoms with Gasteiger partial charge in [0.2, 0.25) is 0 Å². The van der Waals surface area contributed by atoms with Gasteiger partial charge in [0.15, 0.2) is 6.29 Å². The molecule has 0 aliphatic heterocycles. The zero-order valence-electron chi connectivity index (χ0n) is 13.3. The van der Waals surface area contributed by atoms with Gasteiger partial charge in [-0.1, -0.05) is 11.6 Å². The molecule has 27 heavy (non-hydrogen) atoms. The monoisotopic (exact) mass is 388 g/mol. The number of non-ortho nitro benzene ring substituents is 1. The summed E-state index contributed by atoms with van der Waals surface area (Å²) in [5.74, 6) is -0.189. The summed E-state index contributed by atoms with van der Waals surface area (Å²) in [5.41, 5.74) is -0.848. The summed E-state index contributed by atoms with van der Waals surface area (Å²) in [5, 5.41) is 36.6. The summed E-state index contributed by atoms with van der Waals surface area (Å²) >= 11 is 5.91. The Labute approximate surface area is 155 Å². The summed E-state index contributed by atoms with van der Waals surface area (Å²) in [6, 6.07) is 7.19. The highest BCUT2D eigenvalue weighted by Gasteiger charge is 2.23. The van der Waals surface area contributed by atoms with Crippen molar-refractivity contribution in [1.82, 2.24) is 9.78 Å². The number of nitro benzene ring substituents is 2. The van der Waals surface area contributed by atoms with Crippen molar-refractivity contribution in [3.63, 3.8) is 0 Å². The van der Waals surface area contributed by atoms with Gasteiger partial charge >= 0.3 is 5.69 Å². The Morgan fingerprint density at radius 3 is 2.48 bits per heavy atom. The lowest BCUT2D eigenvalue weighted by Crippen LogP contribution is -2.02. The number of nitrogens with zero attached hydrogens (tertiary/aromatic N) is 4. The Hall–Kier alpha value is -3.79. The topological polar surface area (TPSA) is 141 Å². The van der Waals surface area contributed by atoms with E-state index in [1.165, 1.54) is 24.4 Å². The number of aldehydes is 1. The van der Waals surface area contributed by atoms with Gasteiger partial charge in [0.1, 0.15) is 17.1 Å². The van der Waals surface area contributed by atoms with E-state index in [2.05, 4.69) is 5.10 Å². The highest BCUT2D eigenvalue weighted by Crippen LogP contribution is 2.34. The Morgan fingerprint density at radius 2 is 1.85 bits per heavy atom. The molecule has 10 nitrogen and oxygen atoms in total. The maximum absolute atomic E-state index is 11.4. The molecular formula is C16H9ClN4O6. The molecule has 0 amide bonds. The number of aromatic hydroxyl groups is 1.